The SMILES string of the molecule is CC(C)(c1ccc(N)cc1)c1ccc(C(C)(C)c2ccc(N)cc2)cc1.CCCC1(c2ccc(N)cc2)C=CC=CC1. The first kappa shape index (κ1) is 30.7. The van der Waals surface area contributed by atoms with Crippen molar-refractivity contribution in [3.63, 3.8) is 0 Å². The molecule has 0 radical (unpaired) electrons. The zero-order chi connectivity index (χ0) is 30.4. The molecule has 42 heavy (non-hydrogen) atoms. The fourth-order valence-corrected chi connectivity index (χ4v) is 5.91. The van der Waals surface area contributed by atoms with E-state index in [1.54, 1.807) is 0 Å². The number of anilines is 3. The highest BCUT2D eigenvalue weighted by molar-refractivity contribution is 5.48. The first-order chi connectivity index (χ1) is 20.0. The molecular formula is C39H47N3. The normalized spacial score (nSPS) is 16.5. The Morgan fingerprint density at radius 3 is 1.24 bits per heavy atom. The minimum absolute atomic E-state index is 0.0719. The van der Waals surface area contributed by atoms with Gasteiger partial charge >= 0.3 is 0 Å². The van der Waals surface area contributed by atoms with Crippen LogP contribution in [0.15, 0.2) is 121 Å². The van der Waals surface area contributed by atoms with Crippen molar-refractivity contribution >= 4 is 17.1 Å². The molecule has 0 saturated carbocycles. The van der Waals surface area contributed by atoms with Gasteiger partial charge in [-0.25, -0.2) is 0 Å². The van der Waals surface area contributed by atoms with Crippen molar-refractivity contribution in [1.82, 2.24) is 0 Å². The molecule has 0 saturated heterocycles. The van der Waals surface area contributed by atoms with Gasteiger partial charge in [-0.3, -0.25) is 0 Å². The van der Waals surface area contributed by atoms with Gasteiger partial charge < -0.3 is 17.2 Å². The summed E-state index contributed by atoms with van der Waals surface area (Å²) in [5.74, 6) is 0. The van der Waals surface area contributed by atoms with E-state index in [0.29, 0.717) is 0 Å². The molecular weight excluding hydrogens is 510 g/mol. The summed E-state index contributed by atoms with van der Waals surface area (Å²) in [7, 11) is 0. The molecule has 1 aliphatic carbocycles. The Balaban J connectivity index is 0.000000216. The zero-order valence-corrected chi connectivity index (χ0v) is 25.9. The number of allylic oxidation sites excluding steroid dienone is 4. The maximum Gasteiger partial charge on any atom is 0.0314 e. The summed E-state index contributed by atoms with van der Waals surface area (Å²) in [6.45, 7) is 11.2. The van der Waals surface area contributed by atoms with Crippen LogP contribution in [0, 0.1) is 0 Å². The van der Waals surface area contributed by atoms with Crippen molar-refractivity contribution in [3.8, 4) is 0 Å². The van der Waals surface area contributed by atoms with E-state index in [4.69, 9.17) is 17.2 Å². The summed E-state index contributed by atoms with van der Waals surface area (Å²) in [5, 5.41) is 0. The molecule has 4 aromatic rings. The molecule has 4 aromatic carbocycles. The van der Waals surface area contributed by atoms with Gasteiger partial charge in [-0.15, -0.1) is 0 Å². The molecule has 1 unspecified atom stereocenters. The van der Waals surface area contributed by atoms with Crippen molar-refractivity contribution < 1.29 is 0 Å². The van der Waals surface area contributed by atoms with Crippen LogP contribution in [0.3, 0.4) is 0 Å². The maximum atomic E-state index is 5.83. The van der Waals surface area contributed by atoms with Crippen molar-refractivity contribution in [1.29, 1.82) is 0 Å². The summed E-state index contributed by atoms with van der Waals surface area (Å²) in [5.41, 5.74) is 26.4. The summed E-state index contributed by atoms with van der Waals surface area (Å²) >= 11 is 0. The molecule has 0 bridgehead atoms. The molecule has 0 spiro atoms. The molecule has 0 aliphatic heterocycles. The van der Waals surface area contributed by atoms with Gasteiger partial charge in [0, 0.05) is 33.3 Å². The standard InChI is InChI=1S/C24H28N2.C15H19N/c1-23(2,19-9-13-21(25)14-10-19)17-5-7-18(8-6-17)24(3,4)20-11-15-22(26)16-12-20;1-2-10-15(11-4-3-5-12-15)13-6-8-14(16)9-7-13/h5-16H,25-26H2,1-4H3;3-9,11H,2,10,12,16H2,1H3. The summed E-state index contributed by atoms with van der Waals surface area (Å²) < 4.78 is 0. The number of nitrogen functional groups attached to an aromatic ring is 3. The molecule has 6 N–H and O–H groups in total. The van der Waals surface area contributed by atoms with Gasteiger partial charge in [-0.2, -0.15) is 0 Å². The largest absolute Gasteiger partial charge is 0.399 e. The average Bonchev–Trinajstić information content (AvgIpc) is 2.99. The van der Waals surface area contributed by atoms with Gasteiger partial charge in [0.2, 0.25) is 0 Å². The predicted octanol–water partition coefficient (Wildman–Crippen LogP) is 9.33. The monoisotopic (exact) mass is 557 g/mol. The van der Waals surface area contributed by atoms with Crippen LogP contribution >= 0.6 is 0 Å². The van der Waals surface area contributed by atoms with E-state index in [9.17, 15) is 0 Å². The maximum absolute atomic E-state index is 5.83. The lowest BCUT2D eigenvalue weighted by Gasteiger charge is -2.31. The quantitative estimate of drug-likeness (QED) is 0.198. The lowest BCUT2D eigenvalue weighted by molar-refractivity contribution is 0.485. The molecule has 0 amide bonds. The molecule has 1 atom stereocenters. The van der Waals surface area contributed by atoms with Crippen LogP contribution in [0.2, 0.25) is 0 Å². The van der Waals surface area contributed by atoms with Gasteiger partial charge in [-0.05, 0) is 77.1 Å². The Morgan fingerprint density at radius 2 is 0.905 bits per heavy atom. The third kappa shape index (κ3) is 6.79. The van der Waals surface area contributed by atoms with Crippen LogP contribution in [0.1, 0.15) is 81.7 Å². The third-order valence-electron chi connectivity index (χ3n) is 8.92. The first-order valence-electron chi connectivity index (χ1n) is 15.0. The smallest absolute Gasteiger partial charge is 0.0314 e. The lowest BCUT2D eigenvalue weighted by atomic mass is 9.72. The van der Waals surface area contributed by atoms with Crippen LogP contribution in [0.25, 0.3) is 0 Å². The van der Waals surface area contributed by atoms with E-state index in [1.807, 2.05) is 36.4 Å². The van der Waals surface area contributed by atoms with Gasteiger partial charge in [-0.1, -0.05) is 126 Å². The highest BCUT2D eigenvalue weighted by Crippen LogP contribution is 2.38. The highest BCUT2D eigenvalue weighted by atomic mass is 14.5. The number of benzene rings is 4. The Kier molecular flexibility index (Phi) is 9.31. The number of hydrogen-bond acceptors (Lipinski definition) is 3. The first-order valence-corrected chi connectivity index (χ1v) is 15.0. The Hall–Kier alpha value is -4.24. The molecule has 3 nitrogen and oxygen atoms in total. The van der Waals surface area contributed by atoms with Crippen LogP contribution in [-0.2, 0) is 16.2 Å². The van der Waals surface area contributed by atoms with Gasteiger partial charge in [0.15, 0.2) is 0 Å². The Morgan fingerprint density at radius 1 is 0.548 bits per heavy atom. The fraction of sp³-hybridized carbons (Fsp3) is 0.282. The molecule has 3 heteroatoms. The average molecular weight is 558 g/mol. The van der Waals surface area contributed by atoms with E-state index < -0.39 is 0 Å². The summed E-state index contributed by atoms with van der Waals surface area (Å²) in [6, 6.07) is 33.6. The van der Waals surface area contributed by atoms with Gasteiger partial charge in [0.1, 0.15) is 0 Å². The molecule has 1 aliphatic rings. The molecule has 5 rings (SSSR count). The van der Waals surface area contributed by atoms with E-state index in [1.165, 1.54) is 40.7 Å². The molecule has 0 fully saturated rings. The lowest BCUT2D eigenvalue weighted by Crippen LogP contribution is -2.23. The van der Waals surface area contributed by atoms with Crippen LogP contribution in [0.5, 0.6) is 0 Å². The van der Waals surface area contributed by atoms with Crippen LogP contribution in [0.4, 0.5) is 17.1 Å². The van der Waals surface area contributed by atoms with Crippen molar-refractivity contribution in [2.24, 2.45) is 0 Å². The highest BCUT2D eigenvalue weighted by Gasteiger charge is 2.28. The second kappa shape index (κ2) is 12.7. The number of hydrogen-bond donors (Lipinski definition) is 3. The predicted molar refractivity (Wildman–Crippen MR) is 183 cm³/mol. The Bertz CT molecular complexity index is 1410. The topological polar surface area (TPSA) is 78.1 Å². The second-order valence-electron chi connectivity index (χ2n) is 12.6. The van der Waals surface area contributed by atoms with E-state index in [0.717, 1.165) is 23.5 Å². The second-order valence-corrected chi connectivity index (χ2v) is 12.6. The van der Waals surface area contributed by atoms with E-state index >= 15 is 0 Å². The molecule has 0 heterocycles. The number of nitrogens with two attached hydrogens (primary N) is 3. The zero-order valence-electron chi connectivity index (χ0n) is 25.9. The van der Waals surface area contributed by atoms with Crippen molar-refractivity contribution in [3.05, 3.63) is 149 Å². The minimum Gasteiger partial charge on any atom is -0.399 e. The minimum atomic E-state index is -0.0719. The Labute approximate surface area is 253 Å². The third-order valence-corrected chi connectivity index (χ3v) is 8.92. The molecule has 218 valence electrons. The van der Waals surface area contributed by atoms with Gasteiger partial charge in [0.25, 0.3) is 0 Å². The van der Waals surface area contributed by atoms with Crippen LogP contribution in [-0.4, -0.2) is 0 Å². The summed E-state index contributed by atoms with van der Waals surface area (Å²) in [4.78, 5) is 0. The van der Waals surface area contributed by atoms with Crippen molar-refractivity contribution in [2.75, 3.05) is 17.2 Å². The van der Waals surface area contributed by atoms with Crippen LogP contribution < -0.4 is 17.2 Å². The van der Waals surface area contributed by atoms with Gasteiger partial charge in [0.05, 0.1) is 0 Å². The fourth-order valence-electron chi connectivity index (χ4n) is 5.91. The van der Waals surface area contributed by atoms with E-state index in [2.05, 4.69) is 120 Å². The van der Waals surface area contributed by atoms with E-state index in [-0.39, 0.29) is 16.2 Å². The summed E-state index contributed by atoms with van der Waals surface area (Å²) in [6.07, 6.45) is 12.4. The number of rotatable bonds is 7. The molecule has 0 aromatic heterocycles. The van der Waals surface area contributed by atoms with Crippen molar-refractivity contribution in [2.45, 2.75) is 70.1 Å².